The number of fused-ring (bicyclic) bond motifs is 1. The van der Waals surface area contributed by atoms with Gasteiger partial charge in [0.05, 0.1) is 17.8 Å². The van der Waals surface area contributed by atoms with Gasteiger partial charge in [0, 0.05) is 0 Å². The van der Waals surface area contributed by atoms with Crippen molar-refractivity contribution in [3.63, 3.8) is 0 Å². The van der Waals surface area contributed by atoms with Gasteiger partial charge in [0.15, 0.2) is 0 Å². The van der Waals surface area contributed by atoms with E-state index in [2.05, 4.69) is 0 Å². The summed E-state index contributed by atoms with van der Waals surface area (Å²) in [7, 11) is 0. The second-order valence-electron chi connectivity index (χ2n) is 5.10. The first-order valence-electron chi connectivity index (χ1n) is 5.45. The van der Waals surface area contributed by atoms with Crippen molar-refractivity contribution in [2.75, 3.05) is 0 Å². The third kappa shape index (κ3) is 1.89. The summed E-state index contributed by atoms with van der Waals surface area (Å²) in [5, 5.41) is 9.84. The second kappa shape index (κ2) is 3.25. The van der Waals surface area contributed by atoms with Crippen LogP contribution in [-0.2, 0) is 4.74 Å². The fourth-order valence-corrected chi connectivity index (χ4v) is 2.62. The molecule has 0 bridgehead atoms. The van der Waals surface area contributed by atoms with Gasteiger partial charge >= 0.3 is 0 Å². The Morgan fingerprint density at radius 1 is 1.23 bits per heavy atom. The first-order valence-corrected chi connectivity index (χ1v) is 5.45. The number of ether oxygens (including phenoxy) is 1. The number of aliphatic hydroxyl groups is 1. The standard InChI is InChI=1S/C11H20O2/c1-11(2,12)10-7-8-5-3-4-6-9(8)13-10/h8-10,12H,3-7H2,1-2H3/t8-,9-,10-/m1/s1. The summed E-state index contributed by atoms with van der Waals surface area (Å²) in [6.07, 6.45) is 6.75. The van der Waals surface area contributed by atoms with E-state index in [1.807, 2.05) is 13.8 Å². The quantitative estimate of drug-likeness (QED) is 0.676. The van der Waals surface area contributed by atoms with Gasteiger partial charge in [-0.3, -0.25) is 0 Å². The average molecular weight is 184 g/mol. The minimum atomic E-state index is -0.655. The molecule has 0 spiro atoms. The van der Waals surface area contributed by atoms with Crippen molar-refractivity contribution >= 4 is 0 Å². The molecule has 13 heavy (non-hydrogen) atoms. The lowest BCUT2D eigenvalue weighted by molar-refractivity contribution is -0.0875. The Kier molecular flexibility index (Phi) is 2.37. The highest BCUT2D eigenvalue weighted by Gasteiger charge is 2.42. The highest BCUT2D eigenvalue weighted by atomic mass is 16.5. The molecule has 0 aromatic carbocycles. The Hall–Kier alpha value is -0.0800. The van der Waals surface area contributed by atoms with Crippen molar-refractivity contribution in [1.29, 1.82) is 0 Å². The summed E-state index contributed by atoms with van der Waals surface area (Å²) in [6.45, 7) is 3.71. The Morgan fingerprint density at radius 2 is 1.92 bits per heavy atom. The fraction of sp³-hybridized carbons (Fsp3) is 1.00. The maximum absolute atomic E-state index is 9.84. The summed E-state index contributed by atoms with van der Waals surface area (Å²) >= 11 is 0. The van der Waals surface area contributed by atoms with Crippen LogP contribution in [0.25, 0.3) is 0 Å². The zero-order valence-electron chi connectivity index (χ0n) is 8.62. The van der Waals surface area contributed by atoms with Crippen LogP contribution in [0.2, 0.25) is 0 Å². The Labute approximate surface area is 80.3 Å². The van der Waals surface area contributed by atoms with Gasteiger partial charge in [0.2, 0.25) is 0 Å². The molecule has 2 rings (SSSR count). The molecule has 2 aliphatic rings. The summed E-state index contributed by atoms with van der Waals surface area (Å²) in [6, 6.07) is 0. The van der Waals surface area contributed by atoms with E-state index in [9.17, 15) is 5.11 Å². The lowest BCUT2D eigenvalue weighted by atomic mass is 9.84. The molecule has 0 unspecified atom stereocenters. The van der Waals surface area contributed by atoms with Crippen LogP contribution in [0, 0.1) is 5.92 Å². The van der Waals surface area contributed by atoms with E-state index in [1.54, 1.807) is 0 Å². The van der Waals surface area contributed by atoms with Gasteiger partial charge in [-0.15, -0.1) is 0 Å². The van der Waals surface area contributed by atoms with E-state index in [1.165, 1.54) is 25.7 Å². The van der Waals surface area contributed by atoms with Crippen molar-refractivity contribution in [2.45, 2.75) is 63.8 Å². The molecule has 0 aromatic heterocycles. The van der Waals surface area contributed by atoms with Gasteiger partial charge in [0.1, 0.15) is 0 Å². The normalized spacial score (nSPS) is 40.4. The molecular formula is C11H20O2. The molecule has 0 amide bonds. The molecule has 2 nitrogen and oxygen atoms in total. The van der Waals surface area contributed by atoms with E-state index in [0.29, 0.717) is 6.10 Å². The lowest BCUT2D eigenvalue weighted by Crippen LogP contribution is -2.35. The minimum absolute atomic E-state index is 0.0700. The third-order valence-corrected chi connectivity index (χ3v) is 3.48. The molecule has 3 atom stereocenters. The van der Waals surface area contributed by atoms with Gasteiger partial charge < -0.3 is 9.84 Å². The fourth-order valence-electron chi connectivity index (χ4n) is 2.62. The molecule has 1 saturated carbocycles. The molecule has 0 radical (unpaired) electrons. The molecule has 76 valence electrons. The topological polar surface area (TPSA) is 29.5 Å². The average Bonchev–Trinajstić information content (AvgIpc) is 2.45. The summed E-state index contributed by atoms with van der Waals surface area (Å²) in [5.74, 6) is 0.727. The monoisotopic (exact) mass is 184 g/mol. The summed E-state index contributed by atoms with van der Waals surface area (Å²) < 4.78 is 5.88. The van der Waals surface area contributed by atoms with E-state index in [4.69, 9.17) is 4.74 Å². The first kappa shape index (κ1) is 9.47. The van der Waals surface area contributed by atoms with Crippen molar-refractivity contribution in [2.24, 2.45) is 5.92 Å². The molecule has 2 fully saturated rings. The van der Waals surface area contributed by atoms with Gasteiger partial charge in [0.25, 0.3) is 0 Å². The zero-order valence-corrected chi connectivity index (χ0v) is 8.62. The van der Waals surface area contributed by atoms with Gasteiger partial charge in [-0.1, -0.05) is 12.8 Å². The van der Waals surface area contributed by atoms with Crippen molar-refractivity contribution < 1.29 is 9.84 Å². The van der Waals surface area contributed by atoms with Crippen LogP contribution in [0.3, 0.4) is 0 Å². The predicted molar refractivity (Wildman–Crippen MR) is 51.5 cm³/mol. The van der Waals surface area contributed by atoms with Gasteiger partial charge in [-0.2, -0.15) is 0 Å². The van der Waals surface area contributed by atoms with Crippen LogP contribution in [0.4, 0.5) is 0 Å². The third-order valence-electron chi connectivity index (χ3n) is 3.48. The highest BCUT2D eigenvalue weighted by Crippen LogP contribution is 2.40. The van der Waals surface area contributed by atoms with Gasteiger partial charge in [-0.05, 0) is 39.0 Å². The second-order valence-corrected chi connectivity index (χ2v) is 5.10. The minimum Gasteiger partial charge on any atom is -0.388 e. The highest BCUT2D eigenvalue weighted by molar-refractivity contribution is 4.91. The van der Waals surface area contributed by atoms with Crippen molar-refractivity contribution in [3.8, 4) is 0 Å². The Balaban J connectivity index is 1.99. The zero-order chi connectivity index (χ0) is 9.47. The van der Waals surface area contributed by atoms with Crippen LogP contribution in [-0.4, -0.2) is 22.9 Å². The molecular weight excluding hydrogens is 164 g/mol. The number of rotatable bonds is 1. The largest absolute Gasteiger partial charge is 0.388 e. The van der Waals surface area contributed by atoms with E-state index < -0.39 is 5.60 Å². The van der Waals surface area contributed by atoms with Gasteiger partial charge in [-0.25, -0.2) is 0 Å². The number of hydrogen-bond acceptors (Lipinski definition) is 2. The smallest absolute Gasteiger partial charge is 0.0864 e. The Bertz CT molecular complexity index is 169. The first-order chi connectivity index (χ1) is 6.07. The van der Waals surface area contributed by atoms with Crippen LogP contribution < -0.4 is 0 Å². The Morgan fingerprint density at radius 3 is 2.54 bits per heavy atom. The van der Waals surface area contributed by atoms with Crippen LogP contribution in [0.5, 0.6) is 0 Å². The number of hydrogen-bond donors (Lipinski definition) is 1. The maximum atomic E-state index is 9.84. The predicted octanol–water partition coefficient (Wildman–Crippen LogP) is 2.10. The van der Waals surface area contributed by atoms with E-state index >= 15 is 0 Å². The molecule has 0 aromatic rings. The van der Waals surface area contributed by atoms with Crippen molar-refractivity contribution in [1.82, 2.24) is 0 Å². The maximum Gasteiger partial charge on any atom is 0.0864 e. The SMILES string of the molecule is CC(C)(O)[C@H]1C[C@H]2CCCC[C@H]2O1. The van der Waals surface area contributed by atoms with Crippen LogP contribution in [0.15, 0.2) is 0 Å². The summed E-state index contributed by atoms with van der Waals surface area (Å²) in [4.78, 5) is 0. The molecule has 1 aliphatic heterocycles. The van der Waals surface area contributed by atoms with Crippen molar-refractivity contribution in [3.05, 3.63) is 0 Å². The summed E-state index contributed by atoms with van der Waals surface area (Å²) in [5.41, 5.74) is -0.655. The van der Waals surface area contributed by atoms with Crippen LogP contribution in [0.1, 0.15) is 46.0 Å². The van der Waals surface area contributed by atoms with E-state index in [0.717, 1.165) is 12.3 Å². The van der Waals surface area contributed by atoms with E-state index in [-0.39, 0.29) is 6.10 Å². The lowest BCUT2D eigenvalue weighted by Gasteiger charge is -2.25. The molecule has 1 N–H and O–H groups in total. The molecule has 1 heterocycles. The van der Waals surface area contributed by atoms with Crippen LogP contribution >= 0.6 is 0 Å². The molecule has 1 aliphatic carbocycles. The molecule has 1 saturated heterocycles. The molecule has 2 heteroatoms.